The number of rotatable bonds is 7. The predicted molar refractivity (Wildman–Crippen MR) is 110 cm³/mol. The van der Waals surface area contributed by atoms with Gasteiger partial charge in [0.05, 0.1) is 23.4 Å². The Labute approximate surface area is 161 Å². The summed E-state index contributed by atoms with van der Waals surface area (Å²) in [7, 11) is 0. The molecule has 0 radical (unpaired) electrons. The molecule has 2 N–H and O–H groups in total. The third-order valence-electron chi connectivity index (χ3n) is 4.33. The minimum atomic E-state index is -0.307. The average molecular weight is 365 g/mol. The van der Waals surface area contributed by atoms with E-state index in [2.05, 4.69) is 23.3 Å². The van der Waals surface area contributed by atoms with Gasteiger partial charge in [-0.15, -0.1) is 0 Å². The van der Waals surface area contributed by atoms with Gasteiger partial charge in [0.1, 0.15) is 5.82 Å². The highest BCUT2D eigenvalue weighted by atomic mass is 19.1. The Morgan fingerprint density at radius 3 is 2.56 bits per heavy atom. The molecule has 0 aromatic heterocycles. The van der Waals surface area contributed by atoms with Crippen LogP contribution in [-0.4, -0.2) is 6.54 Å². The zero-order valence-corrected chi connectivity index (χ0v) is 16.3. The molecule has 2 aromatic rings. The third-order valence-corrected chi connectivity index (χ3v) is 4.33. The Morgan fingerprint density at radius 2 is 1.93 bits per heavy atom. The van der Waals surface area contributed by atoms with E-state index in [4.69, 9.17) is 0 Å². The number of allylic oxidation sites excluding steroid dienone is 1. The molecule has 2 aromatic carbocycles. The van der Waals surface area contributed by atoms with Crippen LogP contribution in [0.15, 0.2) is 54.7 Å². The lowest BCUT2D eigenvalue weighted by Crippen LogP contribution is -2.25. The van der Waals surface area contributed by atoms with E-state index in [9.17, 15) is 9.65 Å². The summed E-state index contributed by atoms with van der Waals surface area (Å²) in [6.45, 7) is 10.5. The molecule has 27 heavy (non-hydrogen) atoms. The SMILES string of the molecule is C=C(C)Nc1cc(C(NCC2CC2)c2cccc(C#N)c2)ccc1F.CC. The summed E-state index contributed by atoms with van der Waals surface area (Å²) in [5.41, 5.74) is 3.69. The van der Waals surface area contributed by atoms with Crippen molar-refractivity contribution in [1.29, 1.82) is 5.26 Å². The van der Waals surface area contributed by atoms with Crippen molar-refractivity contribution in [2.75, 3.05) is 11.9 Å². The van der Waals surface area contributed by atoms with Crippen LogP contribution in [-0.2, 0) is 0 Å². The average Bonchev–Trinajstić information content (AvgIpc) is 3.50. The Kier molecular flexibility index (Phi) is 7.57. The van der Waals surface area contributed by atoms with Gasteiger partial charge in [0.2, 0.25) is 0 Å². The molecule has 3 rings (SSSR count). The molecule has 1 unspecified atom stereocenters. The first-order valence-electron chi connectivity index (χ1n) is 9.52. The van der Waals surface area contributed by atoms with Crippen molar-refractivity contribution < 1.29 is 4.39 Å². The van der Waals surface area contributed by atoms with Crippen molar-refractivity contribution in [2.24, 2.45) is 5.92 Å². The summed E-state index contributed by atoms with van der Waals surface area (Å²) in [5, 5.41) is 15.7. The second-order valence-electron chi connectivity index (χ2n) is 6.67. The first-order valence-corrected chi connectivity index (χ1v) is 9.52. The highest BCUT2D eigenvalue weighted by molar-refractivity contribution is 5.52. The molecule has 1 atom stereocenters. The van der Waals surface area contributed by atoms with Gasteiger partial charge < -0.3 is 10.6 Å². The van der Waals surface area contributed by atoms with Gasteiger partial charge >= 0.3 is 0 Å². The minimum Gasteiger partial charge on any atom is -0.357 e. The normalized spacial score (nSPS) is 13.7. The van der Waals surface area contributed by atoms with Crippen molar-refractivity contribution >= 4 is 5.69 Å². The molecule has 1 fully saturated rings. The highest BCUT2D eigenvalue weighted by Crippen LogP contribution is 2.31. The van der Waals surface area contributed by atoms with Gasteiger partial charge in [0, 0.05) is 5.70 Å². The Morgan fingerprint density at radius 1 is 1.22 bits per heavy atom. The fourth-order valence-corrected chi connectivity index (χ4v) is 2.87. The van der Waals surface area contributed by atoms with E-state index in [1.165, 1.54) is 18.9 Å². The molecular formula is C23H28FN3. The summed E-state index contributed by atoms with van der Waals surface area (Å²) >= 11 is 0. The van der Waals surface area contributed by atoms with E-state index in [0.29, 0.717) is 16.9 Å². The molecule has 1 aliphatic carbocycles. The summed E-state index contributed by atoms with van der Waals surface area (Å²) in [6, 6.07) is 14.7. The fraction of sp³-hybridized carbons (Fsp3) is 0.348. The topological polar surface area (TPSA) is 47.8 Å². The van der Waals surface area contributed by atoms with E-state index in [1.807, 2.05) is 38.1 Å². The maximum atomic E-state index is 14.1. The minimum absolute atomic E-state index is 0.0832. The second kappa shape index (κ2) is 9.89. The molecule has 142 valence electrons. The number of nitriles is 1. The summed E-state index contributed by atoms with van der Waals surface area (Å²) in [4.78, 5) is 0. The Balaban J connectivity index is 0.00000126. The van der Waals surface area contributed by atoms with Crippen LogP contribution in [0.1, 0.15) is 56.3 Å². The lowest BCUT2D eigenvalue weighted by Gasteiger charge is -2.21. The number of nitrogens with zero attached hydrogens (tertiary/aromatic N) is 1. The van der Waals surface area contributed by atoms with Crippen LogP contribution in [0.3, 0.4) is 0 Å². The number of hydrogen-bond donors (Lipinski definition) is 2. The van der Waals surface area contributed by atoms with Gasteiger partial charge in [0.15, 0.2) is 0 Å². The molecule has 0 saturated heterocycles. The molecule has 3 nitrogen and oxygen atoms in total. The fourth-order valence-electron chi connectivity index (χ4n) is 2.87. The summed E-state index contributed by atoms with van der Waals surface area (Å²) in [5.74, 6) is 0.411. The molecule has 0 amide bonds. The van der Waals surface area contributed by atoms with E-state index in [0.717, 1.165) is 23.6 Å². The number of anilines is 1. The van der Waals surface area contributed by atoms with E-state index in [-0.39, 0.29) is 11.9 Å². The molecule has 0 bridgehead atoms. The third kappa shape index (κ3) is 5.94. The van der Waals surface area contributed by atoms with Crippen LogP contribution in [0.2, 0.25) is 0 Å². The second-order valence-corrected chi connectivity index (χ2v) is 6.67. The van der Waals surface area contributed by atoms with Gasteiger partial charge in [-0.1, -0.05) is 38.6 Å². The van der Waals surface area contributed by atoms with Gasteiger partial charge in [-0.2, -0.15) is 5.26 Å². The molecule has 0 spiro atoms. The van der Waals surface area contributed by atoms with Crippen molar-refractivity contribution in [3.63, 3.8) is 0 Å². The Bertz CT molecular complexity index is 819. The monoisotopic (exact) mass is 365 g/mol. The zero-order chi connectivity index (χ0) is 19.8. The Hall–Kier alpha value is -2.64. The molecule has 0 heterocycles. The molecule has 1 saturated carbocycles. The van der Waals surface area contributed by atoms with Crippen LogP contribution in [0.4, 0.5) is 10.1 Å². The molecule has 4 heteroatoms. The summed E-state index contributed by atoms with van der Waals surface area (Å²) < 4.78 is 14.1. The van der Waals surface area contributed by atoms with Crippen LogP contribution >= 0.6 is 0 Å². The van der Waals surface area contributed by atoms with Crippen molar-refractivity contribution in [1.82, 2.24) is 5.32 Å². The van der Waals surface area contributed by atoms with Gasteiger partial charge in [-0.05, 0) is 67.6 Å². The van der Waals surface area contributed by atoms with Crippen LogP contribution < -0.4 is 10.6 Å². The van der Waals surface area contributed by atoms with Gasteiger partial charge in [0.25, 0.3) is 0 Å². The predicted octanol–water partition coefficient (Wildman–Crippen LogP) is 5.76. The molecule has 1 aliphatic rings. The highest BCUT2D eigenvalue weighted by Gasteiger charge is 2.24. The largest absolute Gasteiger partial charge is 0.357 e. The lowest BCUT2D eigenvalue weighted by atomic mass is 9.96. The van der Waals surface area contributed by atoms with Crippen molar-refractivity contribution in [2.45, 2.75) is 39.7 Å². The smallest absolute Gasteiger partial charge is 0.146 e. The van der Waals surface area contributed by atoms with Gasteiger partial charge in [-0.25, -0.2) is 4.39 Å². The number of nitrogens with one attached hydrogen (secondary N) is 2. The van der Waals surface area contributed by atoms with Crippen molar-refractivity contribution in [3.8, 4) is 6.07 Å². The zero-order valence-electron chi connectivity index (χ0n) is 16.3. The number of halogens is 1. The lowest BCUT2D eigenvalue weighted by molar-refractivity contribution is 0.571. The quantitative estimate of drug-likeness (QED) is 0.656. The van der Waals surface area contributed by atoms with E-state index in [1.54, 1.807) is 19.1 Å². The van der Waals surface area contributed by atoms with Crippen molar-refractivity contribution in [3.05, 3.63) is 77.2 Å². The first kappa shape index (κ1) is 20.7. The first-order chi connectivity index (χ1) is 13.1. The number of benzene rings is 2. The van der Waals surface area contributed by atoms with Gasteiger partial charge in [-0.3, -0.25) is 0 Å². The van der Waals surface area contributed by atoms with Crippen LogP contribution in [0.25, 0.3) is 0 Å². The van der Waals surface area contributed by atoms with Crippen LogP contribution in [0, 0.1) is 23.1 Å². The summed E-state index contributed by atoms with van der Waals surface area (Å²) in [6.07, 6.45) is 2.51. The van der Waals surface area contributed by atoms with E-state index < -0.39 is 0 Å². The standard InChI is InChI=1S/C21H22FN3.C2H6/c1-14(2)25-20-11-18(8-9-19(20)22)21(24-13-15-6-7-15)17-5-3-4-16(10-17)12-23;1-2/h3-5,8-11,15,21,24-25H,1,6-7,13H2,2H3;1-2H3. The maximum absolute atomic E-state index is 14.1. The number of hydrogen-bond acceptors (Lipinski definition) is 3. The molecule has 0 aliphatic heterocycles. The van der Waals surface area contributed by atoms with Crippen LogP contribution in [0.5, 0.6) is 0 Å². The maximum Gasteiger partial charge on any atom is 0.146 e. The van der Waals surface area contributed by atoms with E-state index >= 15 is 0 Å². The molecular weight excluding hydrogens is 337 g/mol.